The standard InChI is InChI=1S/C13H16F2N2O4S/c1-8-6-17(7-9(2)13(8,14)15)22(20,21)10-3-4-11(12(18)19)16-5-10/h3-5,8-9H,6-7H2,1-2H3,(H,18,19). The first-order chi connectivity index (χ1) is 10.1. The summed E-state index contributed by atoms with van der Waals surface area (Å²) in [5.74, 6) is -6.39. The zero-order chi connectivity index (χ0) is 16.7. The van der Waals surface area contributed by atoms with Crippen LogP contribution < -0.4 is 0 Å². The van der Waals surface area contributed by atoms with Crippen molar-refractivity contribution in [3.8, 4) is 0 Å². The molecule has 22 heavy (non-hydrogen) atoms. The molecule has 1 fully saturated rings. The molecule has 9 heteroatoms. The topological polar surface area (TPSA) is 87.6 Å². The number of aromatic nitrogens is 1. The molecular formula is C13H16F2N2O4S. The number of aromatic carboxylic acids is 1. The molecule has 2 unspecified atom stereocenters. The lowest BCUT2D eigenvalue weighted by Gasteiger charge is -2.40. The Balaban J connectivity index is 2.29. The third-order valence-electron chi connectivity index (χ3n) is 3.86. The van der Waals surface area contributed by atoms with Crippen LogP contribution in [-0.4, -0.2) is 47.8 Å². The summed E-state index contributed by atoms with van der Waals surface area (Å²) in [5, 5.41) is 8.75. The molecule has 0 bridgehead atoms. The summed E-state index contributed by atoms with van der Waals surface area (Å²) in [6.07, 6.45) is 0.931. The molecule has 2 heterocycles. The van der Waals surface area contributed by atoms with Crippen LogP contribution >= 0.6 is 0 Å². The summed E-state index contributed by atoms with van der Waals surface area (Å²) in [7, 11) is -3.98. The number of carboxylic acids is 1. The van der Waals surface area contributed by atoms with Gasteiger partial charge in [-0.25, -0.2) is 27.0 Å². The van der Waals surface area contributed by atoms with Crippen LogP contribution in [0.15, 0.2) is 23.2 Å². The normalized spacial score (nSPS) is 25.8. The molecule has 0 spiro atoms. The first-order valence-electron chi connectivity index (χ1n) is 6.64. The van der Waals surface area contributed by atoms with E-state index in [-0.39, 0.29) is 23.7 Å². The van der Waals surface area contributed by atoms with Crippen LogP contribution in [0.1, 0.15) is 24.3 Å². The minimum Gasteiger partial charge on any atom is -0.477 e. The van der Waals surface area contributed by atoms with Crippen molar-refractivity contribution in [1.29, 1.82) is 0 Å². The number of sulfonamides is 1. The quantitative estimate of drug-likeness (QED) is 0.909. The molecule has 122 valence electrons. The third kappa shape index (κ3) is 2.82. The van der Waals surface area contributed by atoms with Crippen LogP contribution in [0.5, 0.6) is 0 Å². The Labute approximate surface area is 126 Å². The van der Waals surface area contributed by atoms with Crippen molar-refractivity contribution < 1.29 is 27.1 Å². The third-order valence-corrected chi connectivity index (χ3v) is 5.68. The average Bonchev–Trinajstić information content (AvgIpc) is 2.44. The van der Waals surface area contributed by atoms with E-state index >= 15 is 0 Å². The van der Waals surface area contributed by atoms with Crippen LogP contribution in [0, 0.1) is 11.8 Å². The Morgan fingerprint density at radius 2 is 1.86 bits per heavy atom. The molecule has 1 N–H and O–H groups in total. The first kappa shape index (κ1) is 16.8. The van der Waals surface area contributed by atoms with E-state index in [0.717, 1.165) is 22.6 Å². The van der Waals surface area contributed by atoms with E-state index in [9.17, 15) is 22.0 Å². The maximum absolute atomic E-state index is 13.8. The summed E-state index contributed by atoms with van der Waals surface area (Å²) in [6.45, 7) is 2.04. The fourth-order valence-electron chi connectivity index (χ4n) is 2.42. The highest BCUT2D eigenvalue weighted by Crippen LogP contribution is 2.39. The van der Waals surface area contributed by atoms with Gasteiger partial charge in [0.05, 0.1) is 0 Å². The van der Waals surface area contributed by atoms with Gasteiger partial charge in [-0.15, -0.1) is 0 Å². The highest BCUT2D eigenvalue weighted by molar-refractivity contribution is 7.89. The monoisotopic (exact) mass is 334 g/mol. The first-order valence-corrected chi connectivity index (χ1v) is 8.08. The summed E-state index contributed by atoms with van der Waals surface area (Å²) in [6, 6.07) is 2.19. The molecule has 2 rings (SSSR count). The number of hydrogen-bond acceptors (Lipinski definition) is 4. The van der Waals surface area contributed by atoms with Crippen molar-refractivity contribution in [2.45, 2.75) is 24.7 Å². The van der Waals surface area contributed by atoms with Gasteiger partial charge in [-0.2, -0.15) is 4.31 Å². The summed E-state index contributed by atoms with van der Waals surface area (Å²) < 4.78 is 53.5. The summed E-state index contributed by atoms with van der Waals surface area (Å²) in [5.41, 5.74) is -0.286. The molecule has 6 nitrogen and oxygen atoms in total. The van der Waals surface area contributed by atoms with E-state index in [1.807, 2.05) is 0 Å². The highest BCUT2D eigenvalue weighted by atomic mass is 32.2. The molecule has 1 aliphatic heterocycles. The zero-order valence-corrected chi connectivity index (χ0v) is 12.8. The minimum atomic E-state index is -3.98. The predicted molar refractivity (Wildman–Crippen MR) is 73.2 cm³/mol. The second-order valence-corrected chi connectivity index (χ2v) is 7.42. The van der Waals surface area contributed by atoms with E-state index in [1.165, 1.54) is 13.8 Å². The van der Waals surface area contributed by atoms with Crippen molar-refractivity contribution in [3.63, 3.8) is 0 Å². The van der Waals surface area contributed by atoms with Gasteiger partial charge in [-0.1, -0.05) is 13.8 Å². The Bertz CT molecular complexity index is 662. The molecule has 1 aliphatic rings. The van der Waals surface area contributed by atoms with Crippen molar-refractivity contribution >= 4 is 16.0 Å². The van der Waals surface area contributed by atoms with E-state index in [0.29, 0.717) is 0 Å². The fourth-order valence-corrected chi connectivity index (χ4v) is 3.98. The van der Waals surface area contributed by atoms with Crippen LogP contribution in [0.4, 0.5) is 8.78 Å². The Hall–Kier alpha value is -1.61. The molecule has 0 aromatic carbocycles. The smallest absolute Gasteiger partial charge is 0.354 e. The largest absolute Gasteiger partial charge is 0.477 e. The number of alkyl halides is 2. The van der Waals surface area contributed by atoms with Gasteiger partial charge in [0.1, 0.15) is 10.6 Å². The van der Waals surface area contributed by atoms with Crippen LogP contribution in [0.2, 0.25) is 0 Å². The minimum absolute atomic E-state index is 0.206. The van der Waals surface area contributed by atoms with E-state index in [2.05, 4.69) is 4.98 Å². The molecule has 2 atom stereocenters. The second kappa shape index (κ2) is 5.54. The van der Waals surface area contributed by atoms with E-state index < -0.39 is 33.8 Å². The van der Waals surface area contributed by atoms with Crippen LogP contribution in [-0.2, 0) is 10.0 Å². The van der Waals surface area contributed by atoms with Gasteiger partial charge in [-0.05, 0) is 12.1 Å². The number of pyridine rings is 1. The lowest BCUT2D eigenvalue weighted by atomic mass is 9.88. The summed E-state index contributed by atoms with van der Waals surface area (Å²) >= 11 is 0. The van der Waals surface area contributed by atoms with Crippen molar-refractivity contribution in [1.82, 2.24) is 9.29 Å². The fraction of sp³-hybridized carbons (Fsp3) is 0.538. The number of rotatable bonds is 3. The van der Waals surface area contributed by atoms with Gasteiger partial charge < -0.3 is 5.11 Å². The molecular weight excluding hydrogens is 318 g/mol. The molecule has 0 aliphatic carbocycles. The Kier molecular flexibility index (Phi) is 4.22. The van der Waals surface area contributed by atoms with E-state index in [4.69, 9.17) is 5.11 Å². The Morgan fingerprint density at radius 1 is 1.32 bits per heavy atom. The van der Waals surface area contributed by atoms with Crippen molar-refractivity contribution in [2.24, 2.45) is 11.8 Å². The Morgan fingerprint density at radius 3 is 2.27 bits per heavy atom. The van der Waals surface area contributed by atoms with Crippen LogP contribution in [0.25, 0.3) is 0 Å². The number of carbonyl (C=O) groups is 1. The predicted octanol–water partition coefficient (Wildman–Crippen LogP) is 1.69. The lowest BCUT2D eigenvalue weighted by molar-refractivity contribution is -0.126. The van der Waals surface area contributed by atoms with Crippen molar-refractivity contribution in [3.05, 3.63) is 24.0 Å². The number of carboxylic acid groups (broad SMARTS) is 1. The van der Waals surface area contributed by atoms with E-state index in [1.54, 1.807) is 0 Å². The van der Waals surface area contributed by atoms with Crippen molar-refractivity contribution in [2.75, 3.05) is 13.1 Å². The molecule has 0 saturated carbocycles. The molecule has 1 aromatic heterocycles. The molecule has 0 radical (unpaired) electrons. The zero-order valence-electron chi connectivity index (χ0n) is 12.0. The number of nitrogens with zero attached hydrogens (tertiary/aromatic N) is 2. The SMILES string of the molecule is CC1CN(S(=O)(=O)c2ccc(C(=O)O)nc2)CC(C)C1(F)F. The maximum atomic E-state index is 13.8. The van der Waals surface area contributed by atoms with Crippen LogP contribution in [0.3, 0.4) is 0 Å². The summed E-state index contributed by atoms with van der Waals surface area (Å²) in [4.78, 5) is 14.1. The van der Waals surface area contributed by atoms with Gasteiger partial charge in [0, 0.05) is 31.1 Å². The van der Waals surface area contributed by atoms with Gasteiger partial charge in [0.2, 0.25) is 10.0 Å². The van der Waals surface area contributed by atoms with Gasteiger partial charge in [-0.3, -0.25) is 0 Å². The van der Waals surface area contributed by atoms with Gasteiger partial charge >= 0.3 is 5.97 Å². The highest BCUT2D eigenvalue weighted by Gasteiger charge is 2.49. The number of halogens is 2. The average molecular weight is 334 g/mol. The molecule has 1 aromatic rings. The number of piperidine rings is 1. The maximum Gasteiger partial charge on any atom is 0.354 e. The molecule has 0 amide bonds. The molecule has 1 saturated heterocycles. The van der Waals surface area contributed by atoms with Gasteiger partial charge in [0.15, 0.2) is 0 Å². The second-order valence-electron chi connectivity index (χ2n) is 5.48. The van der Waals surface area contributed by atoms with Gasteiger partial charge in [0.25, 0.3) is 5.92 Å². The number of hydrogen-bond donors (Lipinski definition) is 1. The lowest BCUT2D eigenvalue weighted by Crippen LogP contribution is -2.53.